The van der Waals surface area contributed by atoms with Gasteiger partial charge in [0.25, 0.3) is 0 Å². The Labute approximate surface area is 123 Å². The molecule has 1 aliphatic rings. The smallest absolute Gasteiger partial charge is 0.0991 e. The molecule has 0 amide bonds. The molecule has 2 heteroatoms. The van der Waals surface area contributed by atoms with Crippen molar-refractivity contribution in [3.8, 4) is 6.07 Å². The van der Waals surface area contributed by atoms with Crippen molar-refractivity contribution in [2.24, 2.45) is 5.92 Å². The molecular formula is C18H26N2. The van der Waals surface area contributed by atoms with E-state index in [2.05, 4.69) is 37.4 Å². The number of nitrogens with zero attached hydrogens (tertiary/aromatic N) is 1. The SMILES string of the molecule is CCC(NC(C)c1ccc(C#N)cc1)C1CCCCC1. The maximum Gasteiger partial charge on any atom is 0.0991 e. The molecule has 0 radical (unpaired) electrons. The van der Waals surface area contributed by atoms with Gasteiger partial charge in [0.2, 0.25) is 0 Å². The van der Waals surface area contributed by atoms with Crippen LogP contribution in [0.2, 0.25) is 0 Å². The highest BCUT2D eigenvalue weighted by Gasteiger charge is 2.23. The van der Waals surface area contributed by atoms with Crippen LogP contribution in [0.25, 0.3) is 0 Å². The highest BCUT2D eigenvalue weighted by molar-refractivity contribution is 5.32. The van der Waals surface area contributed by atoms with Crippen molar-refractivity contribution in [1.82, 2.24) is 5.32 Å². The van der Waals surface area contributed by atoms with E-state index in [0.717, 1.165) is 11.5 Å². The first kappa shape index (κ1) is 15.1. The van der Waals surface area contributed by atoms with Crippen LogP contribution in [0.1, 0.15) is 69.5 Å². The van der Waals surface area contributed by atoms with E-state index in [1.54, 1.807) is 0 Å². The van der Waals surface area contributed by atoms with Gasteiger partial charge in [-0.2, -0.15) is 5.26 Å². The summed E-state index contributed by atoms with van der Waals surface area (Å²) in [5.74, 6) is 0.842. The van der Waals surface area contributed by atoms with Gasteiger partial charge in [-0.15, -0.1) is 0 Å². The Hall–Kier alpha value is -1.33. The minimum Gasteiger partial charge on any atom is -0.307 e. The van der Waals surface area contributed by atoms with Gasteiger partial charge in [-0.1, -0.05) is 38.3 Å². The van der Waals surface area contributed by atoms with E-state index in [0.29, 0.717) is 12.1 Å². The lowest BCUT2D eigenvalue weighted by Crippen LogP contribution is -2.38. The predicted octanol–water partition coefficient (Wildman–Crippen LogP) is 4.57. The van der Waals surface area contributed by atoms with Gasteiger partial charge in [0, 0.05) is 12.1 Å². The topological polar surface area (TPSA) is 35.8 Å². The van der Waals surface area contributed by atoms with E-state index >= 15 is 0 Å². The molecule has 20 heavy (non-hydrogen) atoms. The highest BCUT2D eigenvalue weighted by Crippen LogP contribution is 2.29. The number of hydrogen-bond donors (Lipinski definition) is 1. The fraction of sp³-hybridized carbons (Fsp3) is 0.611. The second kappa shape index (κ2) is 7.45. The minimum absolute atomic E-state index is 0.356. The first-order chi connectivity index (χ1) is 9.74. The summed E-state index contributed by atoms with van der Waals surface area (Å²) in [6.45, 7) is 4.52. The summed E-state index contributed by atoms with van der Waals surface area (Å²) in [5.41, 5.74) is 2.01. The number of rotatable bonds is 5. The molecule has 0 aromatic heterocycles. The normalized spacial score (nSPS) is 19.2. The Bertz CT molecular complexity index is 437. The summed E-state index contributed by atoms with van der Waals surface area (Å²) in [4.78, 5) is 0. The van der Waals surface area contributed by atoms with Crippen LogP contribution in [0, 0.1) is 17.2 Å². The summed E-state index contributed by atoms with van der Waals surface area (Å²) in [7, 11) is 0. The lowest BCUT2D eigenvalue weighted by molar-refractivity contribution is 0.249. The Morgan fingerprint density at radius 1 is 1.20 bits per heavy atom. The molecule has 0 saturated heterocycles. The molecule has 2 nitrogen and oxygen atoms in total. The first-order valence-corrected chi connectivity index (χ1v) is 8.00. The molecule has 2 rings (SSSR count). The molecule has 1 fully saturated rings. The summed E-state index contributed by atoms with van der Waals surface area (Å²) in [5, 5.41) is 12.7. The van der Waals surface area contributed by atoms with E-state index in [-0.39, 0.29) is 0 Å². The Morgan fingerprint density at radius 2 is 1.85 bits per heavy atom. The predicted molar refractivity (Wildman–Crippen MR) is 83.4 cm³/mol. The Morgan fingerprint density at radius 3 is 2.40 bits per heavy atom. The van der Waals surface area contributed by atoms with Gasteiger partial charge < -0.3 is 5.32 Å². The van der Waals surface area contributed by atoms with Crippen molar-refractivity contribution >= 4 is 0 Å². The first-order valence-electron chi connectivity index (χ1n) is 8.00. The summed E-state index contributed by atoms with van der Waals surface area (Å²) < 4.78 is 0. The molecule has 1 saturated carbocycles. The van der Waals surface area contributed by atoms with E-state index in [1.165, 1.54) is 44.1 Å². The van der Waals surface area contributed by atoms with Gasteiger partial charge in [0.05, 0.1) is 11.6 Å². The summed E-state index contributed by atoms with van der Waals surface area (Å²) in [6, 6.07) is 11.1. The van der Waals surface area contributed by atoms with Gasteiger partial charge in [-0.05, 0) is 49.8 Å². The lowest BCUT2D eigenvalue weighted by Gasteiger charge is -2.32. The van der Waals surface area contributed by atoms with Crippen LogP contribution in [0.4, 0.5) is 0 Å². The van der Waals surface area contributed by atoms with Crippen molar-refractivity contribution in [3.05, 3.63) is 35.4 Å². The second-order valence-corrected chi connectivity index (χ2v) is 6.03. The Kier molecular flexibility index (Phi) is 5.61. The quantitative estimate of drug-likeness (QED) is 0.851. The van der Waals surface area contributed by atoms with Crippen LogP contribution < -0.4 is 5.32 Å². The van der Waals surface area contributed by atoms with Crippen molar-refractivity contribution in [1.29, 1.82) is 5.26 Å². The average Bonchev–Trinajstić information content (AvgIpc) is 2.53. The molecular weight excluding hydrogens is 244 g/mol. The van der Waals surface area contributed by atoms with Crippen LogP contribution >= 0.6 is 0 Å². The van der Waals surface area contributed by atoms with Gasteiger partial charge in [-0.25, -0.2) is 0 Å². The largest absolute Gasteiger partial charge is 0.307 e. The molecule has 2 unspecified atom stereocenters. The zero-order valence-corrected chi connectivity index (χ0v) is 12.7. The second-order valence-electron chi connectivity index (χ2n) is 6.03. The maximum atomic E-state index is 8.86. The third kappa shape index (κ3) is 3.84. The molecule has 1 aromatic rings. The third-order valence-electron chi connectivity index (χ3n) is 4.66. The van der Waals surface area contributed by atoms with E-state index < -0.39 is 0 Å². The summed E-state index contributed by atoms with van der Waals surface area (Å²) in [6.07, 6.45) is 8.17. The molecule has 108 valence electrons. The lowest BCUT2D eigenvalue weighted by atomic mass is 9.82. The van der Waals surface area contributed by atoms with Crippen LogP contribution in [-0.2, 0) is 0 Å². The fourth-order valence-electron chi connectivity index (χ4n) is 3.39. The van der Waals surface area contributed by atoms with Crippen molar-refractivity contribution in [2.45, 2.75) is 64.5 Å². The fourth-order valence-corrected chi connectivity index (χ4v) is 3.39. The number of nitriles is 1. The van der Waals surface area contributed by atoms with Crippen LogP contribution in [-0.4, -0.2) is 6.04 Å². The maximum absolute atomic E-state index is 8.86. The zero-order valence-electron chi connectivity index (χ0n) is 12.7. The minimum atomic E-state index is 0.356. The molecule has 0 spiro atoms. The molecule has 1 aliphatic carbocycles. The third-order valence-corrected chi connectivity index (χ3v) is 4.66. The van der Waals surface area contributed by atoms with Gasteiger partial charge in [-0.3, -0.25) is 0 Å². The van der Waals surface area contributed by atoms with E-state index in [1.807, 2.05) is 12.1 Å². The van der Waals surface area contributed by atoms with Crippen molar-refractivity contribution in [3.63, 3.8) is 0 Å². The van der Waals surface area contributed by atoms with Crippen molar-refractivity contribution < 1.29 is 0 Å². The zero-order chi connectivity index (χ0) is 14.4. The number of hydrogen-bond acceptors (Lipinski definition) is 2. The van der Waals surface area contributed by atoms with Gasteiger partial charge >= 0.3 is 0 Å². The van der Waals surface area contributed by atoms with Crippen LogP contribution in [0.5, 0.6) is 0 Å². The standard InChI is InChI=1S/C18H26N2/c1-3-18(17-7-5-4-6-8-17)20-14(2)16-11-9-15(13-19)10-12-16/h9-12,14,17-18,20H,3-8H2,1-2H3. The number of benzene rings is 1. The van der Waals surface area contributed by atoms with Gasteiger partial charge in [0.15, 0.2) is 0 Å². The molecule has 0 heterocycles. The highest BCUT2D eigenvalue weighted by atomic mass is 14.9. The average molecular weight is 270 g/mol. The monoisotopic (exact) mass is 270 g/mol. The Balaban J connectivity index is 1.96. The molecule has 0 bridgehead atoms. The number of nitrogens with one attached hydrogen (secondary N) is 1. The molecule has 2 atom stereocenters. The van der Waals surface area contributed by atoms with Crippen LogP contribution in [0.3, 0.4) is 0 Å². The van der Waals surface area contributed by atoms with Crippen LogP contribution in [0.15, 0.2) is 24.3 Å². The summed E-state index contributed by atoms with van der Waals surface area (Å²) >= 11 is 0. The molecule has 1 aromatic carbocycles. The molecule has 1 N–H and O–H groups in total. The van der Waals surface area contributed by atoms with E-state index in [4.69, 9.17) is 5.26 Å². The molecule has 0 aliphatic heterocycles. The van der Waals surface area contributed by atoms with Gasteiger partial charge in [0.1, 0.15) is 0 Å². The van der Waals surface area contributed by atoms with Crippen molar-refractivity contribution in [2.75, 3.05) is 0 Å². The van der Waals surface area contributed by atoms with E-state index in [9.17, 15) is 0 Å².